The van der Waals surface area contributed by atoms with E-state index in [0.717, 1.165) is 44.1 Å². The predicted octanol–water partition coefficient (Wildman–Crippen LogP) is 7.62. The van der Waals surface area contributed by atoms with Crippen LogP contribution in [0.1, 0.15) is 121 Å². The number of hydrogen-bond donors (Lipinski definition) is 2. The topological polar surface area (TPSA) is 66.8 Å². The fraction of sp³-hybridized carbons (Fsp3) is 0.800. The first-order valence-corrected chi connectivity index (χ1v) is 16.1. The average molecular weight is 539 g/mol. The molecule has 0 spiro atoms. The lowest BCUT2D eigenvalue weighted by Gasteiger charge is -2.64. The highest BCUT2D eigenvalue weighted by atomic mass is 16.5. The van der Waals surface area contributed by atoms with Crippen LogP contribution >= 0.6 is 0 Å². The molecule has 4 heteroatoms. The highest BCUT2D eigenvalue weighted by Gasteiger charge is 2.64. The second kappa shape index (κ2) is 11.1. The van der Waals surface area contributed by atoms with Gasteiger partial charge in [0.25, 0.3) is 0 Å². The summed E-state index contributed by atoms with van der Waals surface area (Å²) in [6.07, 6.45) is 10.8. The summed E-state index contributed by atoms with van der Waals surface area (Å²) in [6, 6.07) is 7.92. The van der Waals surface area contributed by atoms with E-state index in [1.807, 2.05) is 18.2 Å². The molecule has 0 saturated heterocycles. The lowest BCUT2D eigenvalue weighted by atomic mass is 9.41. The lowest BCUT2D eigenvalue weighted by Crippen LogP contribution is -2.62. The van der Waals surface area contributed by atoms with E-state index in [1.54, 1.807) is 0 Å². The number of carbonyl (C=O) groups is 1. The fourth-order valence-electron chi connectivity index (χ4n) is 11.0. The molecule has 1 aromatic rings. The number of rotatable bonds is 7. The number of fused-ring (bicyclic) bond motifs is 5. The molecule has 4 nitrogen and oxygen atoms in total. The van der Waals surface area contributed by atoms with Gasteiger partial charge in [-0.2, -0.15) is 0 Å². The molecule has 0 heterocycles. The van der Waals surface area contributed by atoms with Crippen LogP contribution in [-0.2, 0) is 4.74 Å². The van der Waals surface area contributed by atoms with E-state index in [2.05, 4.69) is 40.7 Å². The largest absolute Gasteiger partial charge is 0.465 e. The Kier molecular flexibility index (Phi) is 8.30. The molecule has 12 atom stereocenters. The van der Waals surface area contributed by atoms with Crippen molar-refractivity contribution in [2.24, 2.45) is 52.3 Å². The van der Waals surface area contributed by atoms with Crippen LogP contribution in [-0.4, -0.2) is 35.5 Å². The summed E-state index contributed by atoms with van der Waals surface area (Å²) in [5, 5.41) is 22.5. The van der Waals surface area contributed by atoms with Gasteiger partial charge in [-0.3, -0.25) is 0 Å². The molecule has 4 unspecified atom stereocenters. The lowest BCUT2D eigenvalue weighted by molar-refractivity contribution is -0.203. The summed E-state index contributed by atoms with van der Waals surface area (Å²) >= 11 is 0. The van der Waals surface area contributed by atoms with Crippen LogP contribution in [0.4, 0.5) is 0 Å². The van der Waals surface area contributed by atoms with Gasteiger partial charge >= 0.3 is 5.97 Å². The second-order valence-electron chi connectivity index (χ2n) is 14.7. The van der Waals surface area contributed by atoms with Gasteiger partial charge < -0.3 is 14.9 Å². The number of carbonyl (C=O) groups excluding carboxylic acids is 1. The number of hydrogen-bond acceptors (Lipinski definition) is 4. The smallest absolute Gasteiger partial charge is 0.338 e. The summed E-state index contributed by atoms with van der Waals surface area (Å²) in [5.74, 6) is 3.77. The van der Waals surface area contributed by atoms with Crippen LogP contribution in [0.15, 0.2) is 24.3 Å². The van der Waals surface area contributed by atoms with Crippen LogP contribution in [0.3, 0.4) is 0 Å². The van der Waals surface area contributed by atoms with Crippen molar-refractivity contribution in [1.82, 2.24) is 0 Å². The molecule has 2 N–H and O–H groups in total. The predicted molar refractivity (Wildman–Crippen MR) is 156 cm³/mol. The molecule has 4 saturated carbocycles. The third-order valence-electron chi connectivity index (χ3n) is 13.1. The van der Waals surface area contributed by atoms with Gasteiger partial charge in [-0.1, -0.05) is 59.2 Å². The Bertz CT molecular complexity index is 1020. The summed E-state index contributed by atoms with van der Waals surface area (Å²) < 4.78 is 5.05. The molecule has 4 aliphatic carbocycles. The Balaban J connectivity index is 1.31. The molecule has 0 bridgehead atoms. The minimum atomic E-state index is -0.242. The quantitative estimate of drug-likeness (QED) is 0.351. The van der Waals surface area contributed by atoms with E-state index >= 15 is 0 Å². The molecular formula is C35H54O4. The highest BCUT2D eigenvalue weighted by Crippen LogP contribution is 2.69. The zero-order chi connectivity index (χ0) is 28.1. The van der Waals surface area contributed by atoms with Crippen molar-refractivity contribution in [2.45, 2.75) is 117 Å². The van der Waals surface area contributed by atoms with Crippen LogP contribution in [0.2, 0.25) is 0 Å². The van der Waals surface area contributed by atoms with Crippen LogP contribution in [0.5, 0.6) is 0 Å². The Morgan fingerprint density at radius 1 is 0.974 bits per heavy atom. The number of esters is 1. The molecule has 218 valence electrons. The SMILES string of the molecule is CC[C@H]1[C@@H](O)C2C3CC[C@H]([C@H](C)CCC(C)c4ccccc4C(=O)OC)[C@@]3(C)CCC2[C@@]2(C)CC[C@@H](O)C[C@@H]12. The van der Waals surface area contributed by atoms with Gasteiger partial charge in [-0.15, -0.1) is 0 Å². The number of ether oxygens (including phenoxy) is 1. The first kappa shape index (κ1) is 29.1. The van der Waals surface area contributed by atoms with E-state index in [0.29, 0.717) is 58.3 Å². The second-order valence-corrected chi connectivity index (χ2v) is 14.7. The summed E-state index contributed by atoms with van der Waals surface area (Å²) in [7, 11) is 1.46. The molecule has 4 aliphatic rings. The van der Waals surface area contributed by atoms with Gasteiger partial charge in [0.05, 0.1) is 24.9 Å². The highest BCUT2D eigenvalue weighted by molar-refractivity contribution is 5.91. The molecule has 1 aromatic carbocycles. The molecule has 5 rings (SSSR count). The van der Waals surface area contributed by atoms with E-state index in [1.165, 1.54) is 32.8 Å². The van der Waals surface area contributed by atoms with Crippen LogP contribution in [0, 0.1) is 52.3 Å². The van der Waals surface area contributed by atoms with Crippen molar-refractivity contribution in [3.63, 3.8) is 0 Å². The van der Waals surface area contributed by atoms with Crippen molar-refractivity contribution < 1.29 is 19.7 Å². The zero-order valence-corrected chi connectivity index (χ0v) is 25.4. The van der Waals surface area contributed by atoms with Crippen molar-refractivity contribution in [2.75, 3.05) is 7.11 Å². The first-order chi connectivity index (χ1) is 18.6. The minimum Gasteiger partial charge on any atom is -0.465 e. The number of methoxy groups -OCH3 is 1. The maximum Gasteiger partial charge on any atom is 0.338 e. The molecule has 0 aromatic heterocycles. The van der Waals surface area contributed by atoms with Gasteiger partial charge in [0.2, 0.25) is 0 Å². The Morgan fingerprint density at radius 2 is 1.67 bits per heavy atom. The number of aliphatic hydroxyl groups excluding tert-OH is 2. The first-order valence-electron chi connectivity index (χ1n) is 16.1. The molecule has 0 amide bonds. The third kappa shape index (κ3) is 4.80. The van der Waals surface area contributed by atoms with Gasteiger partial charge in [0, 0.05) is 0 Å². The maximum atomic E-state index is 12.3. The summed E-state index contributed by atoms with van der Waals surface area (Å²) in [4.78, 5) is 12.3. The molecule has 0 radical (unpaired) electrons. The van der Waals surface area contributed by atoms with Crippen molar-refractivity contribution in [3.8, 4) is 0 Å². The molecule has 0 aliphatic heterocycles. The standard InChI is InChI=1S/C35H54O4/c1-7-24-30-20-23(36)16-18-35(30,5)29-17-19-34(4)27(14-15-28(34)31(29)32(24)37)22(3)13-12-21(2)25-10-8-9-11-26(25)33(38)39-6/h8-11,21-24,27-32,36-37H,7,12-20H2,1-6H3/t21?,22-,23-,24-,27-,28?,29?,30+,31?,32-,34-,35-/m1/s1. The van der Waals surface area contributed by atoms with E-state index in [9.17, 15) is 15.0 Å². The zero-order valence-electron chi connectivity index (χ0n) is 25.4. The molecular weight excluding hydrogens is 484 g/mol. The normalized spacial score (nSPS) is 43.1. The molecule has 39 heavy (non-hydrogen) atoms. The summed E-state index contributed by atoms with van der Waals surface area (Å²) in [5.41, 5.74) is 2.36. The minimum absolute atomic E-state index is 0.187. The number of benzene rings is 1. The average Bonchev–Trinajstić information content (AvgIpc) is 3.29. The van der Waals surface area contributed by atoms with Crippen molar-refractivity contribution in [1.29, 1.82) is 0 Å². The van der Waals surface area contributed by atoms with Crippen LogP contribution in [0.25, 0.3) is 0 Å². The Hall–Kier alpha value is -1.39. The van der Waals surface area contributed by atoms with Crippen molar-refractivity contribution >= 4 is 5.97 Å². The van der Waals surface area contributed by atoms with Crippen LogP contribution < -0.4 is 0 Å². The fourth-order valence-corrected chi connectivity index (χ4v) is 11.0. The summed E-state index contributed by atoms with van der Waals surface area (Å²) in [6.45, 7) is 12.1. The Morgan fingerprint density at radius 3 is 2.38 bits per heavy atom. The monoisotopic (exact) mass is 538 g/mol. The van der Waals surface area contributed by atoms with Gasteiger partial charge in [-0.25, -0.2) is 4.79 Å². The van der Waals surface area contributed by atoms with Gasteiger partial charge in [-0.05, 0) is 128 Å². The van der Waals surface area contributed by atoms with Gasteiger partial charge in [0.15, 0.2) is 0 Å². The van der Waals surface area contributed by atoms with E-state index in [4.69, 9.17) is 4.74 Å². The Labute approximate surface area is 237 Å². The number of aliphatic hydroxyl groups is 2. The van der Waals surface area contributed by atoms with E-state index < -0.39 is 0 Å². The van der Waals surface area contributed by atoms with Gasteiger partial charge in [0.1, 0.15) is 0 Å². The van der Waals surface area contributed by atoms with E-state index in [-0.39, 0.29) is 23.6 Å². The maximum absolute atomic E-state index is 12.3. The van der Waals surface area contributed by atoms with Crippen molar-refractivity contribution in [3.05, 3.63) is 35.4 Å². The third-order valence-corrected chi connectivity index (χ3v) is 13.1. The molecule has 4 fully saturated rings.